The van der Waals surface area contributed by atoms with Crippen LogP contribution >= 0.6 is 11.6 Å². The lowest BCUT2D eigenvalue weighted by atomic mass is 9.83. The van der Waals surface area contributed by atoms with Crippen molar-refractivity contribution in [3.05, 3.63) is 32.7 Å². The van der Waals surface area contributed by atoms with E-state index in [1.54, 1.807) is 15.5 Å². The number of carbonyl (C=O) groups is 1. The van der Waals surface area contributed by atoms with Gasteiger partial charge >= 0.3 is 6.09 Å². The van der Waals surface area contributed by atoms with Crippen molar-refractivity contribution in [2.24, 2.45) is 5.92 Å². The monoisotopic (exact) mass is 354 g/mol. The van der Waals surface area contributed by atoms with Crippen LogP contribution in [0.25, 0.3) is 0 Å². The predicted molar refractivity (Wildman–Crippen MR) is 90.3 cm³/mol. The number of aliphatic hydroxyl groups is 1. The molecule has 24 heavy (non-hydrogen) atoms. The molecule has 2 aliphatic rings. The van der Waals surface area contributed by atoms with Gasteiger partial charge in [-0.2, -0.15) is 0 Å². The van der Waals surface area contributed by atoms with E-state index in [4.69, 9.17) is 16.3 Å². The van der Waals surface area contributed by atoms with Gasteiger partial charge in [0.25, 0.3) is 5.56 Å². The standard InChI is InChI=1S/C17H23ClN2O4/c1-17(2,3)24-16(23)19-6-10-4-11(8-19)13-5-12(9-21)14(18)15(22)20(13)7-10/h5,10-11,21H,4,6-9H2,1-3H3. The van der Waals surface area contributed by atoms with Crippen LogP contribution in [0, 0.1) is 5.92 Å². The number of likely N-dealkylation sites (tertiary alicyclic amines) is 1. The summed E-state index contributed by atoms with van der Waals surface area (Å²) in [6, 6.07) is 1.79. The number of piperidine rings is 1. The van der Waals surface area contributed by atoms with E-state index >= 15 is 0 Å². The number of amides is 1. The molecule has 0 aromatic carbocycles. The van der Waals surface area contributed by atoms with Gasteiger partial charge in [-0.1, -0.05) is 11.6 Å². The number of carbonyl (C=O) groups excluding carboxylic acids is 1. The van der Waals surface area contributed by atoms with Gasteiger partial charge in [0.15, 0.2) is 0 Å². The molecule has 2 bridgehead atoms. The number of ether oxygens (including phenoxy) is 1. The third-order valence-corrected chi connectivity index (χ3v) is 4.97. The van der Waals surface area contributed by atoms with Crippen molar-refractivity contribution in [2.45, 2.75) is 51.9 Å². The minimum absolute atomic E-state index is 0.0558. The normalized spacial score (nSPS) is 23.0. The van der Waals surface area contributed by atoms with Crippen LogP contribution in [-0.4, -0.2) is 39.4 Å². The Bertz CT molecular complexity index is 723. The molecule has 6 nitrogen and oxygen atoms in total. The molecule has 1 N–H and O–H groups in total. The Kier molecular flexibility index (Phi) is 4.38. The molecule has 3 heterocycles. The van der Waals surface area contributed by atoms with Crippen molar-refractivity contribution >= 4 is 17.7 Å². The van der Waals surface area contributed by atoms with Crippen molar-refractivity contribution in [2.75, 3.05) is 13.1 Å². The molecule has 1 aromatic rings. The van der Waals surface area contributed by atoms with Gasteiger partial charge in [-0.15, -0.1) is 0 Å². The van der Waals surface area contributed by atoms with Crippen LogP contribution in [0.3, 0.4) is 0 Å². The van der Waals surface area contributed by atoms with Crippen LogP contribution in [0.4, 0.5) is 4.79 Å². The Morgan fingerprint density at radius 1 is 1.38 bits per heavy atom. The van der Waals surface area contributed by atoms with Gasteiger partial charge in [0.1, 0.15) is 10.6 Å². The maximum absolute atomic E-state index is 12.4. The largest absolute Gasteiger partial charge is 0.444 e. The summed E-state index contributed by atoms with van der Waals surface area (Å²) in [5, 5.41) is 9.51. The fourth-order valence-corrected chi connectivity index (χ4v) is 3.83. The zero-order valence-corrected chi connectivity index (χ0v) is 15.0. The first-order valence-corrected chi connectivity index (χ1v) is 8.58. The Balaban J connectivity index is 1.90. The fraction of sp³-hybridized carbons (Fsp3) is 0.647. The maximum Gasteiger partial charge on any atom is 0.410 e. The lowest BCUT2D eigenvalue weighted by molar-refractivity contribution is 0.0101. The fourth-order valence-electron chi connectivity index (χ4n) is 3.62. The average molecular weight is 355 g/mol. The molecule has 1 amide bonds. The Morgan fingerprint density at radius 2 is 2.08 bits per heavy atom. The van der Waals surface area contributed by atoms with Crippen molar-refractivity contribution in [3.63, 3.8) is 0 Å². The summed E-state index contributed by atoms with van der Waals surface area (Å²) >= 11 is 6.06. The smallest absolute Gasteiger partial charge is 0.410 e. The summed E-state index contributed by atoms with van der Waals surface area (Å²) < 4.78 is 7.18. The summed E-state index contributed by atoms with van der Waals surface area (Å²) in [4.78, 5) is 26.5. The molecule has 1 aromatic heterocycles. The van der Waals surface area contributed by atoms with Crippen LogP contribution < -0.4 is 5.56 Å². The van der Waals surface area contributed by atoms with E-state index in [9.17, 15) is 14.7 Å². The molecule has 1 fully saturated rings. The number of hydrogen-bond acceptors (Lipinski definition) is 4. The lowest BCUT2D eigenvalue weighted by Gasteiger charge is -2.43. The molecule has 0 radical (unpaired) electrons. The molecule has 7 heteroatoms. The van der Waals surface area contributed by atoms with Crippen molar-refractivity contribution < 1.29 is 14.6 Å². The van der Waals surface area contributed by atoms with Gasteiger partial charge in [0.2, 0.25) is 0 Å². The predicted octanol–water partition coefficient (Wildman–Crippen LogP) is 2.35. The van der Waals surface area contributed by atoms with Gasteiger partial charge in [0.05, 0.1) is 6.61 Å². The molecule has 2 aliphatic heterocycles. The molecular weight excluding hydrogens is 332 g/mol. The summed E-state index contributed by atoms with van der Waals surface area (Å²) in [5.41, 5.74) is 0.508. The van der Waals surface area contributed by atoms with Gasteiger partial charge in [0, 0.05) is 36.8 Å². The number of hydrogen-bond donors (Lipinski definition) is 1. The lowest BCUT2D eigenvalue weighted by Crippen LogP contribution is -2.50. The van der Waals surface area contributed by atoms with Crippen LogP contribution in [0.1, 0.15) is 44.4 Å². The number of pyridine rings is 1. The summed E-state index contributed by atoms with van der Waals surface area (Å²) in [6.45, 7) is 6.90. The SMILES string of the molecule is CC(C)(C)OC(=O)N1CC2CC(C1)c1cc(CO)c(Cl)c(=O)n1C2. The molecule has 1 saturated heterocycles. The summed E-state index contributed by atoms with van der Waals surface area (Å²) in [7, 11) is 0. The molecule has 0 aliphatic carbocycles. The summed E-state index contributed by atoms with van der Waals surface area (Å²) in [5.74, 6) is 0.262. The minimum atomic E-state index is -0.532. The van der Waals surface area contributed by atoms with Crippen LogP contribution in [0.2, 0.25) is 5.02 Å². The summed E-state index contributed by atoms with van der Waals surface area (Å²) in [6.07, 6.45) is 0.606. The molecule has 3 rings (SSSR count). The maximum atomic E-state index is 12.4. The Labute approximate surface area is 146 Å². The first-order chi connectivity index (χ1) is 11.2. The van der Waals surface area contributed by atoms with E-state index in [1.807, 2.05) is 20.8 Å². The van der Waals surface area contributed by atoms with Crippen molar-refractivity contribution in [3.8, 4) is 0 Å². The van der Waals surface area contributed by atoms with Gasteiger partial charge in [-0.05, 0) is 39.2 Å². The number of rotatable bonds is 1. The molecule has 132 valence electrons. The van der Waals surface area contributed by atoms with E-state index in [1.165, 1.54) is 0 Å². The highest BCUT2D eigenvalue weighted by atomic mass is 35.5. The third kappa shape index (κ3) is 3.17. The van der Waals surface area contributed by atoms with Gasteiger partial charge < -0.3 is 19.3 Å². The van der Waals surface area contributed by atoms with Crippen molar-refractivity contribution in [1.82, 2.24) is 9.47 Å². The van der Waals surface area contributed by atoms with Crippen LogP contribution in [-0.2, 0) is 17.9 Å². The van der Waals surface area contributed by atoms with Gasteiger partial charge in [-0.25, -0.2) is 4.79 Å². The highest BCUT2D eigenvalue weighted by Gasteiger charge is 2.38. The van der Waals surface area contributed by atoms with E-state index in [0.29, 0.717) is 25.2 Å². The van der Waals surface area contributed by atoms with E-state index < -0.39 is 5.60 Å². The second kappa shape index (κ2) is 6.08. The topological polar surface area (TPSA) is 71.8 Å². The highest BCUT2D eigenvalue weighted by Crippen LogP contribution is 2.36. The number of aliphatic hydroxyl groups excluding tert-OH is 1. The Morgan fingerprint density at radius 3 is 2.71 bits per heavy atom. The minimum Gasteiger partial charge on any atom is -0.444 e. The van der Waals surface area contributed by atoms with Crippen LogP contribution in [0.15, 0.2) is 10.9 Å². The average Bonchev–Trinajstić information content (AvgIpc) is 2.49. The number of halogens is 1. The van der Waals surface area contributed by atoms with E-state index in [0.717, 1.165) is 12.1 Å². The number of aromatic nitrogens is 1. The first kappa shape index (κ1) is 17.3. The second-order valence-corrected chi connectivity index (χ2v) is 8.04. The number of fused-ring (bicyclic) bond motifs is 4. The number of nitrogens with zero attached hydrogens (tertiary/aromatic N) is 2. The van der Waals surface area contributed by atoms with E-state index in [-0.39, 0.29) is 35.1 Å². The zero-order chi connectivity index (χ0) is 17.6. The first-order valence-electron chi connectivity index (χ1n) is 8.20. The van der Waals surface area contributed by atoms with E-state index in [2.05, 4.69) is 0 Å². The highest BCUT2D eigenvalue weighted by molar-refractivity contribution is 6.31. The van der Waals surface area contributed by atoms with Crippen molar-refractivity contribution in [1.29, 1.82) is 0 Å². The molecular formula is C17H23ClN2O4. The third-order valence-electron chi connectivity index (χ3n) is 4.57. The van der Waals surface area contributed by atoms with Gasteiger partial charge in [-0.3, -0.25) is 4.79 Å². The molecule has 0 saturated carbocycles. The molecule has 2 atom stereocenters. The molecule has 0 spiro atoms. The Hall–Kier alpha value is -1.53. The molecule has 2 unspecified atom stereocenters. The second-order valence-electron chi connectivity index (χ2n) is 7.67. The zero-order valence-electron chi connectivity index (χ0n) is 14.2. The van der Waals surface area contributed by atoms with Crippen LogP contribution in [0.5, 0.6) is 0 Å². The quantitative estimate of drug-likeness (QED) is 0.840.